The van der Waals surface area contributed by atoms with Crippen LogP contribution in [0.5, 0.6) is 5.75 Å². The molecule has 2 aromatic carbocycles. The van der Waals surface area contributed by atoms with Crippen molar-refractivity contribution in [2.45, 2.75) is 0 Å². The number of benzene rings is 2. The zero-order valence-corrected chi connectivity index (χ0v) is 12.4. The Hall–Kier alpha value is -1.70. The van der Waals surface area contributed by atoms with Gasteiger partial charge in [0.2, 0.25) is 0 Å². The van der Waals surface area contributed by atoms with Gasteiger partial charge in [-0.1, -0.05) is 11.6 Å². The van der Waals surface area contributed by atoms with Crippen LogP contribution in [0.4, 0.5) is 11.4 Å². The van der Waals surface area contributed by atoms with Gasteiger partial charge in [-0.15, -0.1) is 0 Å². The van der Waals surface area contributed by atoms with Crippen LogP contribution < -0.4 is 10.1 Å². The molecular weight excluding hydrogens is 328 g/mol. The highest BCUT2D eigenvalue weighted by Gasteiger charge is 2.04. The Kier molecular flexibility index (Phi) is 4.31. The first kappa shape index (κ1) is 13.7. The maximum absolute atomic E-state index is 8.87. The minimum atomic E-state index is 0.564. The predicted octanol–water partition coefficient (Wildman–Crippen LogP) is 4.73. The Morgan fingerprint density at radius 2 is 1.89 bits per heavy atom. The van der Waals surface area contributed by atoms with Gasteiger partial charge in [-0.2, -0.15) is 5.26 Å². The molecule has 0 aromatic heterocycles. The zero-order chi connectivity index (χ0) is 13.8. The summed E-state index contributed by atoms with van der Waals surface area (Å²) < 4.78 is 5.91. The SMILES string of the molecule is COc1cc(Nc2ccc(C#N)c(Br)c2)ccc1Cl. The molecule has 96 valence electrons. The summed E-state index contributed by atoms with van der Waals surface area (Å²) in [6, 6.07) is 13.0. The normalized spacial score (nSPS) is 9.79. The van der Waals surface area contributed by atoms with Gasteiger partial charge in [0.25, 0.3) is 0 Å². The number of nitriles is 1. The molecule has 3 nitrogen and oxygen atoms in total. The third kappa shape index (κ3) is 3.19. The zero-order valence-electron chi connectivity index (χ0n) is 10.1. The Morgan fingerprint density at radius 3 is 2.53 bits per heavy atom. The van der Waals surface area contributed by atoms with Crippen LogP contribution in [0.2, 0.25) is 5.02 Å². The molecule has 0 saturated heterocycles. The fourth-order valence-corrected chi connectivity index (χ4v) is 2.25. The highest BCUT2D eigenvalue weighted by Crippen LogP contribution is 2.30. The van der Waals surface area contributed by atoms with E-state index in [2.05, 4.69) is 27.3 Å². The van der Waals surface area contributed by atoms with Crippen LogP contribution >= 0.6 is 27.5 Å². The Morgan fingerprint density at radius 1 is 1.21 bits per heavy atom. The number of anilines is 2. The first-order valence-electron chi connectivity index (χ1n) is 5.44. The Balaban J connectivity index is 2.26. The van der Waals surface area contributed by atoms with Gasteiger partial charge in [0, 0.05) is 21.9 Å². The topological polar surface area (TPSA) is 45.0 Å². The fourth-order valence-electron chi connectivity index (χ4n) is 1.59. The quantitative estimate of drug-likeness (QED) is 0.881. The monoisotopic (exact) mass is 336 g/mol. The van der Waals surface area contributed by atoms with Crippen molar-refractivity contribution in [3.8, 4) is 11.8 Å². The van der Waals surface area contributed by atoms with E-state index in [4.69, 9.17) is 21.6 Å². The molecule has 1 N–H and O–H groups in total. The Bertz CT molecular complexity index is 643. The highest BCUT2D eigenvalue weighted by atomic mass is 79.9. The van der Waals surface area contributed by atoms with Crippen LogP contribution in [0.3, 0.4) is 0 Å². The van der Waals surface area contributed by atoms with E-state index in [9.17, 15) is 0 Å². The highest BCUT2D eigenvalue weighted by molar-refractivity contribution is 9.10. The van der Waals surface area contributed by atoms with E-state index < -0.39 is 0 Å². The number of hydrogen-bond donors (Lipinski definition) is 1. The summed E-state index contributed by atoms with van der Waals surface area (Å²) in [4.78, 5) is 0. The molecule has 0 aliphatic rings. The number of rotatable bonds is 3. The molecule has 0 atom stereocenters. The second-order valence-electron chi connectivity index (χ2n) is 3.78. The smallest absolute Gasteiger partial charge is 0.139 e. The van der Waals surface area contributed by atoms with E-state index >= 15 is 0 Å². The maximum Gasteiger partial charge on any atom is 0.139 e. The number of nitrogens with zero attached hydrogens (tertiary/aromatic N) is 1. The van der Waals surface area contributed by atoms with E-state index in [1.54, 1.807) is 19.2 Å². The number of hydrogen-bond acceptors (Lipinski definition) is 3. The van der Waals surface area contributed by atoms with Crippen LogP contribution in [0.25, 0.3) is 0 Å². The third-order valence-corrected chi connectivity index (χ3v) is 3.50. The molecule has 5 heteroatoms. The summed E-state index contributed by atoms with van der Waals surface area (Å²) in [5, 5.41) is 12.7. The average Bonchev–Trinajstić information content (AvgIpc) is 2.41. The second-order valence-corrected chi connectivity index (χ2v) is 5.04. The van der Waals surface area contributed by atoms with Crippen molar-refractivity contribution in [1.82, 2.24) is 0 Å². The van der Waals surface area contributed by atoms with Crippen molar-refractivity contribution in [2.24, 2.45) is 0 Å². The van der Waals surface area contributed by atoms with Crippen molar-refractivity contribution in [2.75, 3.05) is 12.4 Å². The maximum atomic E-state index is 8.87. The number of nitrogens with one attached hydrogen (secondary N) is 1. The van der Waals surface area contributed by atoms with Crippen molar-refractivity contribution in [1.29, 1.82) is 5.26 Å². The summed E-state index contributed by atoms with van der Waals surface area (Å²) >= 11 is 9.32. The van der Waals surface area contributed by atoms with Gasteiger partial charge in [-0.05, 0) is 46.3 Å². The molecule has 2 rings (SSSR count). The van der Waals surface area contributed by atoms with Gasteiger partial charge in [-0.25, -0.2) is 0 Å². The molecule has 0 bridgehead atoms. The summed E-state index contributed by atoms with van der Waals surface area (Å²) in [5.41, 5.74) is 2.33. The molecular formula is C14H10BrClN2O. The predicted molar refractivity (Wildman–Crippen MR) is 80.1 cm³/mol. The van der Waals surface area contributed by atoms with Crippen molar-refractivity contribution >= 4 is 38.9 Å². The molecule has 0 heterocycles. The van der Waals surface area contributed by atoms with Gasteiger partial charge in [0.1, 0.15) is 11.8 Å². The molecule has 0 spiro atoms. The lowest BCUT2D eigenvalue weighted by atomic mass is 10.2. The lowest BCUT2D eigenvalue weighted by Gasteiger charge is -2.10. The van der Waals surface area contributed by atoms with Crippen LogP contribution in [0.1, 0.15) is 5.56 Å². The van der Waals surface area contributed by atoms with Crippen molar-refractivity contribution in [3.05, 3.63) is 51.5 Å². The molecule has 0 saturated carbocycles. The van der Waals surface area contributed by atoms with Gasteiger partial charge in [0.05, 0.1) is 17.7 Å². The minimum Gasteiger partial charge on any atom is -0.495 e. The van der Waals surface area contributed by atoms with Gasteiger partial charge < -0.3 is 10.1 Å². The first-order valence-corrected chi connectivity index (χ1v) is 6.61. The van der Waals surface area contributed by atoms with Crippen molar-refractivity contribution in [3.63, 3.8) is 0 Å². The number of halogens is 2. The lowest BCUT2D eigenvalue weighted by molar-refractivity contribution is 0.415. The fraction of sp³-hybridized carbons (Fsp3) is 0.0714. The van der Waals surface area contributed by atoms with Crippen LogP contribution in [0, 0.1) is 11.3 Å². The van der Waals surface area contributed by atoms with Gasteiger partial charge in [-0.3, -0.25) is 0 Å². The first-order chi connectivity index (χ1) is 9.13. The summed E-state index contributed by atoms with van der Waals surface area (Å²) in [6.45, 7) is 0. The second kappa shape index (κ2) is 5.96. The molecule has 0 amide bonds. The average molecular weight is 338 g/mol. The van der Waals surface area contributed by atoms with E-state index in [0.29, 0.717) is 16.3 Å². The van der Waals surface area contributed by atoms with Crippen LogP contribution in [0.15, 0.2) is 40.9 Å². The minimum absolute atomic E-state index is 0.564. The molecule has 0 unspecified atom stereocenters. The number of ether oxygens (including phenoxy) is 1. The van der Waals surface area contributed by atoms with Gasteiger partial charge in [0.15, 0.2) is 0 Å². The van der Waals surface area contributed by atoms with Crippen molar-refractivity contribution < 1.29 is 4.74 Å². The summed E-state index contributed by atoms with van der Waals surface area (Å²) in [5.74, 6) is 0.611. The standard InChI is InChI=1S/C14H10BrClN2O/c1-19-14-7-11(4-5-13(14)16)18-10-3-2-9(8-17)12(15)6-10/h2-7,18H,1H3. The molecule has 0 aliphatic carbocycles. The van der Waals surface area contributed by atoms with Crippen LogP contribution in [-0.2, 0) is 0 Å². The molecule has 2 aromatic rings. The van der Waals surface area contributed by atoms with Crippen LogP contribution in [-0.4, -0.2) is 7.11 Å². The van der Waals surface area contributed by atoms with Gasteiger partial charge >= 0.3 is 0 Å². The molecule has 0 fully saturated rings. The van der Waals surface area contributed by atoms with E-state index in [1.807, 2.05) is 24.3 Å². The third-order valence-electron chi connectivity index (χ3n) is 2.53. The molecule has 19 heavy (non-hydrogen) atoms. The van der Waals surface area contributed by atoms with E-state index in [1.165, 1.54) is 0 Å². The summed E-state index contributed by atoms with van der Waals surface area (Å²) in [6.07, 6.45) is 0. The number of methoxy groups -OCH3 is 1. The molecule has 0 radical (unpaired) electrons. The molecule has 0 aliphatic heterocycles. The van der Waals surface area contributed by atoms with E-state index in [0.717, 1.165) is 15.8 Å². The lowest BCUT2D eigenvalue weighted by Crippen LogP contribution is -1.92. The summed E-state index contributed by atoms with van der Waals surface area (Å²) in [7, 11) is 1.57. The largest absolute Gasteiger partial charge is 0.495 e. The Labute approximate surface area is 124 Å². The van der Waals surface area contributed by atoms with E-state index in [-0.39, 0.29) is 0 Å².